The molecule has 0 fully saturated rings. The second-order valence-electron chi connectivity index (χ2n) is 5.10. The van der Waals surface area contributed by atoms with E-state index in [0.29, 0.717) is 22.1 Å². The Bertz CT molecular complexity index is 910. The Kier molecular flexibility index (Phi) is 2.81. The van der Waals surface area contributed by atoms with Crippen molar-refractivity contribution < 1.29 is 9.21 Å². The van der Waals surface area contributed by atoms with E-state index < -0.39 is 0 Å². The van der Waals surface area contributed by atoms with E-state index in [0.717, 1.165) is 16.8 Å². The Morgan fingerprint density at radius 3 is 2.86 bits per heavy atom. The number of carbonyl (C=O) groups is 1. The van der Waals surface area contributed by atoms with Crippen LogP contribution in [0.2, 0.25) is 5.02 Å². The molecule has 0 saturated heterocycles. The third kappa shape index (κ3) is 1.92. The molecule has 4 rings (SSSR count). The lowest BCUT2D eigenvalue weighted by molar-refractivity contribution is -0.112. The Balaban J connectivity index is 1.88. The first-order chi connectivity index (χ1) is 10.6. The average Bonchev–Trinajstić information content (AvgIpc) is 3.02. The lowest BCUT2D eigenvalue weighted by Crippen LogP contribution is -2.20. The number of likely N-dealkylation sites (N-methyl/N-ethyl adjacent to an activating group) is 1. The van der Waals surface area contributed by atoms with Crippen LogP contribution in [0.25, 0.3) is 22.7 Å². The first-order valence-corrected chi connectivity index (χ1v) is 7.16. The van der Waals surface area contributed by atoms with E-state index in [-0.39, 0.29) is 5.91 Å². The molecule has 0 atom stereocenters. The van der Waals surface area contributed by atoms with Gasteiger partial charge in [-0.05, 0) is 30.3 Å². The van der Waals surface area contributed by atoms with Crippen molar-refractivity contribution in [1.29, 1.82) is 0 Å². The highest BCUT2D eigenvalue weighted by molar-refractivity contribution is 6.37. The number of oxazole rings is 1. The zero-order valence-corrected chi connectivity index (χ0v) is 12.5. The van der Waals surface area contributed by atoms with Crippen molar-refractivity contribution in [1.82, 2.24) is 4.98 Å². The molecular formula is C17H11ClN2O2. The van der Waals surface area contributed by atoms with Crippen LogP contribution in [0.3, 0.4) is 0 Å². The van der Waals surface area contributed by atoms with E-state index in [1.54, 1.807) is 30.2 Å². The molecule has 4 nitrogen and oxygen atoms in total. The number of anilines is 1. The number of benzene rings is 2. The Morgan fingerprint density at radius 1 is 1.23 bits per heavy atom. The van der Waals surface area contributed by atoms with Crippen molar-refractivity contribution in [3.63, 3.8) is 0 Å². The monoisotopic (exact) mass is 310 g/mol. The van der Waals surface area contributed by atoms with Crippen LogP contribution in [0.5, 0.6) is 0 Å². The normalized spacial score (nSPS) is 15.8. The summed E-state index contributed by atoms with van der Waals surface area (Å²) in [4.78, 5) is 18.4. The van der Waals surface area contributed by atoms with E-state index in [1.807, 2.05) is 30.3 Å². The van der Waals surface area contributed by atoms with Gasteiger partial charge in [0, 0.05) is 23.7 Å². The minimum Gasteiger partial charge on any atom is -0.437 e. The van der Waals surface area contributed by atoms with Gasteiger partial charge in [-0.15, -0.1) is 0 Å². The fraction of sp³-hybridized carbons (Fsp3) is 0.0588. The standard InChI is InChI=1S/C17H11ClN2O2/c1-20-14-7-6-10(18)8-11(14)12(17(20)21)9-16-19-13-4-2-3-5-15(13)22-16/h2-9H,1H3/b12-9-. The van der Waals surface area contributed by atoms with Gasteiger partial charge in [0.25, 0.3) is 5.91 Å². The number of fused-ring (bicyclic) bond motifs is 2. The molecule has 1 aromatic heterocycles. The summed E-state index contributed by atoms with van der Waals surface area (Å²) in [6.45, 7) is 0. The zero-order chi connectivity index (χ0) is 15.3. The van der Waals surface area contributed by atoms with Crippen LogP contribution in [0.4, 0.5) is 5.69 Å². The Hall–Kier alpha value is -2.59. The first kappa shape index (κ1) is 13.1. The molecule has 108 valence electrons. The van der Waals surface area contributed by atoms with Crippen molar-refractivity contribution in [2.45, 2.75) is 0 Å². The van der Waals surface area contributed by atoms with Crippen LogP contribution < -0.4 is 4.90 Å². The minimum absolute atomic E-state index is 0.0977. The molecule has 2 heterocycles. The molecule has 0 N–H and O–H groups in total. The van der Waals surface area contributed by atoms with Crippen molar-refractivity contribution in [2.75, 3.05) is 11.9 Å². The lowest BCUT2D eigenvalue weighted by atomic mass is 10.1. The van der Waals surface area contributed by atoms with Crippen molar-refractivity contribution in [3.8, 4) is 0 Å². The quantitative estimate of drug-likeness (QED) is 0.638. The van der Waals surface area contributed by atoms with Gasteiger partial charge in [0.05, 0.1) is 11.3 Å². The molecule has 2 aromatic carbocycles. The molecule has 22 heavy (non-hydrogen) atoms. The molecule has 5 heteroatoms. The predicted octanol–water partition coefficient (Wildman–Crippen LogP) is 4.00. The summed E-state index contributed by atoms with van der Waals surface area (Å²) < 4.78 is 5.67. The second kappa shape index (κ2) is 4.71. The second-order valence-corrected chi connectivity index (χ2v) is 5.54. The molecule has 0 unspecified atom stereocenters. The molecule has 0 aliphatic carbocycles. The molecule has 0 radical (unpaired) electrons. The summed E-state index contributed by atoms with van der Waals surface area (Å²) in [5.74, 6) is 0.310. The number of rotatable bonds is 1. The van der Waals surface area contributed by atoms with E-state index in [2.05, 4.69) is 4.98 Å². The maximum atomic E-state index is 12.4. The van der Waals surface area contributed by atoms with E-state index >= 15 is 0 Å². The molecule has 1 amide bonds. The van der Waals surface area contributed by atoms with Gasteiger partial charge in [-0.3, -0.25) is 4.79 Å². The van der Waals surface area contributed by atoms with Crippen LogP contribution in [-0.4, -0.2) is 17.9 Å². The number of hydrogen-bond acceptors (Lipinski definition) is 3. The molecule has 0 bridgehead atoms. The van der Waals surface area contributed by atoms with Crippen LogP contribution >= 0.6 is 11.6 Å². The Labute approximate surface area is 131 Å². The van der Waals surface area contributed by atoms with Crippen molar-refractivity contribution >= 4 is 45.9 Å². The molecule has 3 aromatic rings. The number of amides is 1. The summed E-state index contributed by atoms with van der Waals surface area (Å²) in [5, 5.41) is 0.588. The van der Waals surface area contributed by atoms with Gasteiger partial charge in [0.15, 0.2) is 5.58 Å². The highest BCUT2D eigenvalue weighted by Gasteiger charge is 2.30. The van der Waals surface area contributed by atoms with Crippen molar-refractivity contribution in [2.24, 2.45) is 0 Å². The Morgan fingerprint density at radius 2 is 2.05 bits per heavy atom. The lowest BCUT2D eigenvalue weighted by Gasteiger charge is -2.08. The summed E-state index contributed by atoms with van der Waals surface area (Å²) >= 11 is 6.06. The number of para-hydroxylation sites is 2. The van der Waals surface area contributed by atoms with Crippen LogP contribution in [0, 0.1) is 0 Å². The SMILES string of the molecule is CN1C(=O)/C(=C\c2nc3ccccc3o2)c2cc(Cl)ccc21. The number of aromatic nitrogens is 1. The maximum absolute atomic E-state index is 12.4. The molecule has 0 spiro atoms. The van der Waals surface area contributed by atoms with Crippen LogP contribution in [-0.2, 0) is 4.79 Å². The molecular weight excluding hydrogens is 300 g/mol. The smallest absolute Gasteiger partial charge is 0.258 e. The highest BCUT2D eigenvalue weighted by Crippen LogP contribution is 2.38. The van der Waals surface area contributed by atoms with Crippen LogP contribution in [0.1, 0.15) is 11.5 Å². The number of hydrogen-bond donors (Lipinski definition) is 0. The zero-order valence-electron chi connectivity index (χ0n) is 11.7. The number of carbonyl (C=O) groups excluding carboxylic acids is 1. The fourth-order valence-electron chi connectivity index (χ4n) is 2.64. The maximum Gasteiger partial charge on any atom is 0.258 e. The van der Waals surface area contributed by atoms with Crippen molar-refractivity contribution in [3.05, 3.63) is 58.9 Å². The predicted molar refractivity (Wildman–Crippen MR) is 86.7 cm³/mol. The first-order valence-electron chi connectivity index (χ1n) is 6.79. The van der Waals surface area contributed by atoms with Gasteiger partial charge < -0.3 is 9.32 Å². The van der Waals surface area contributed by atoms with Gasteiger partial charge in [0.2, 0.25) is 5.89 Å². The molecule has 0 saturated carbocycles. The van der Waals surface area contributed by atoms with Gasteiger partial charge in [0.1, 0.15) is 5.52 Å². The summed E-state index contributed by atoms with van der Waals surface area (Å²) in [5.41, 5.74) is 3.62. The topological polar surface area (TPSA) is 46.3 Å². The summed E-state index contributed by atoms with van der Waals surface area (Å²) in [7, 11) is 1.74. The largest absolute Gasteiger partial charge is 0.437 e. The van der Waals surface area contributed by atoms with Gasteiger partial charge >= 0.3 is 0 Å². The third-order valence-electron chi connectivity index (χ3n) is 3.72. The van der Waals surface area contributed by atoms with Gasteiger partial charge in [-0.2, -0.15) is 0 Å². The average molecular weight is 311 g/mol. The highest BCUT2D eigenvalue weighted by atomic mass is 35.5. The van der Waals surface area contributed by atoms with E-state index in [9.17, 15) is 4.79 Å². The number of halogens is 1. The van der Waals surface area contributed by atoms with E-state index in [4.69, 9.17) is 16.0 Å². The number of nitrogens with zero attached hydrogens (tertiary/aromatic N) is 2. The molecule has 1 aliphatic heterocycles. The fourth-order valence-corrected chi connectivity index (χ4v) is 2.81. The summed E-state index contributed by atoms with van der Waals surface area (Å²) in [6.07, 6.45) is 1.67. The van der Waals surface area contributed by atoms with E-state index in [1.165, 1.54) is 0 Å². The van der Waals surface area contributed by atoms with Gasteiger partial charge in [-0.25, -0.2) is 4.98 Å². The van der Waals surface area contributed by atoms with Gasteiger partial charge in [-0.1, -0.05) is 23.7 Å². The minimum atomic E-state index is -0.0977. The van der Waals surface area contributed by atoms with Crippen LogP contribution in [0.15, 0.2) is 46.9 Å². The third-order valence-corrected chi connectivity index (χ3v) is 3.96. The molecule has 1 aliphatic rings. The summed E-state index contributed by atoms with van der Waals surface area (Å²) in [6, 6.07) is 12.9.